The van der Waals surface area contributed by atoms with Crippen molar-refractivity contribution >= 4 is 17.5 Å². The molecule has 0 aliphatic heterocycles. The molecule has 0 atom stereocenters. The van der Waals surface area contributed by atoms with Crippen LogP contribution in [0.4, 0.5) is 0 Å². The number of carbonyl (C=O) groups is 2. The van der Waals surface area contributed by atoms with Crippen molar-refractivity contribution in [3.63, 3.8) is 0 Å². The van der Waals surface area contributed by atoms with Crippen LogP contribution in [0.25, 0.3) is 5.76 Å². The monoisotopic (exact) mass is 266 g/mol. The van der Waals surface area contributed by atoms with Gasteiger partial charge in [0.05, 0.1) is 21.3 Å². The Morgan fingerprint density at radius 3 is 2.05 bits per heavy atom. The number of rotatable bonds is 5. The first kappa shape index (κ1) is 14.6. The minimum absolute atomic E-state index is 0.185. The molecule has 0 unspecified atom stereocenters. The van der Waals surface area contributed by atoms with Gasteiger partial charge in [-0.15, -0.1) is 0 Å². The highest BCUT2D eigenvalue weighted by atomic mass is 16.5. The fourth-order valence-electron chi connectivity index (χ4n) is 1.46. The van der Waals surface area contributed by atoms with E-state index in [9.17, 15) is 14.7 Å². The van der Waals surface area contributed by atoms with E-state index in [2.05, 4.69) is 4.74 Å². The lowest BCUT2D eigenvalue weighted by Gasteiger charge is -2.11. The van der Waals surface area contributed by atoms with Crippen LogP contribution in [0.15, 0.2) is 24.3 Å². The molecule has 19 heavy (non-hydrogen) atoms. The summed E-state index contributed by atoms with van der Waals surface area (Å²) in [6, 6.07) is 4.84. The van der Waals surface area contributed by atoms with Crippen LogP contribution in [-0.4, -0.2) is 38.2 Å². The average molecular weight is 266 g/mol. The minimum Gasteiger partial charge on any atom is -0.507 e. The Labute approximate surface area is 110 Å². The molecule has 0 radical (unpaired) electrons. The summed E-state index contributed by atoms with van der Waals surface area (Å²) < 4.78 is 14.4. The first-order valence-corrected chi connectivity index (χ1v) is 5.29. The van der Waals surface area contributed by atoms with Crippen LogP contribution in [0.3, 0.4) is 0 Å². The second-order valence-corrected chi connectivity index (χ2v) is 3.42. The van der Waals surface area contributed by atoms with Gasteiger partial charge in [0, 0.05) is 6.08 Å². The number of aliphatic hydroxyl groups excluding tert-OH is 1. The van der Waals surface area contributed by atoms with Crippen molar-refractivity contribution in [3.8, 4) is 11.5 Å². The number of benzene rings is 1. The Morgan fingerprint density at radius 2 is 1.63 bits per heavy atom. The maximum atomic E-state index is 11.4. The lowest BCUT2D eigenvalue weighted by molar-refractivity contribution is -0.149. The van der Waals surface area contributed by atoms with Crippen LogP contribution >= 0.6 is 0 Å². The van der Waals surface area contributed by atoms with Crippen LogP contribution in [0, 0.1) is 0 Å². The van der Waals surface area contributed by atoms with E-state index in [1.165, 1.54) is 14.2 Å². The molecule has 0 aliphatic carbocycles. The summed E-state index contributed by atoms with van der Waals surface area (Å²) in [5, 5.41) is 9.93. The van der Waals surface area contributed by atoms with Crippen LogP contribution in [-0.2, 0) is 14.3 Å². The fourth-order valence-corrected chi connectivity index (χ4v) is 1.46. The Kier molecular flexibility index (Phi) is 4.93. The van der Waals surface area contributed by atoms with E-state index in [0.717, 1.165) is 13.2 Å². The molecule has 6 nitrogen and oxygen atoms in total. The van der Waals surface area contributed by atoms with Gasteiger partial charge in [-0.05, 0) is 12.1 Å². The molecule has 1 aromatic carbocycles. The van der Waals surface area contributed by atoms with Crippen LogP contribution in [0.1, 0.15) is 5.56 Å². The summed E-state index contributed by atoms with van der Waals surface area (Å²) in [6.07, 6.45) is 0.756. The first-order valence-electron chi connectivity index (χ1n) is 5.29. The molecule has 102 valence electrons. The number of ether oxygens (including phenoxy) is 3. The zero-order chi connectivity index (χ0) is 14.4. The quantitative estimate of drug-likeness (QED) is 0.375. The van der Waals surface area contributed by atoms with Crippen molar-refractivity contribution in [2.75, 3.05) is 21.3 Å². The number of hydrogen-bond acceptors (Lipinski definition) is 6. The topological polar surface area (TPSA) is 82.1 Å². The van der Waals surface area contributed by atoms with Gasteiger partial charge in [-0.2, -0.15) is 0 Å². The zero-order valence-corrected chi connectivity index (χ0v) is 10.8. The average Bonchev–Trinajstić information content (AvgIpc) is 2.44. The second kappa shape index (κ2) is 6.44. The van der Waals surface area contributed by atoms with E-state index < -0.39 is 17.5 Å². The largest absolute Gasteiger partial charge is 0.507 e. The molecule has 6 heteroatoms. The van der Waals surface area contributed by atoms with E-state index >= 15 is 0 Å². The third-order valence-electron chi connectivity index (χ3n) is 2.34. The van der Waals surface area contributed by atoms with E-state index in [1.54, 1.807) is 18.2 Å². The van der Waals surface area contributed by atoms with Crippen LogP contribution in [0.2, 0.25) is 0 Å². The molecule has 0 fully saturated rings. The van der Waals surface area contributed by atoms with Gasteiger partial charge >= 0.3 is 5.97 Å². The number of ketones is 1. The highest BCUT2D eigenvalue weighted by Gasteiger charge is 2.18. The number of methoxy groups -OCH3 is 3. The maximum Gasteiger partial charge on any atom is 0.378 e. The normalized spacial score (nSPS) is 10.8. The summed E-state index contributed by atoms with van der Waals surface area (Å²) in [5.74, 6) is -1.87. The van der Waals surface area contributed by atoms with Gasteiger partial charge in [-0.1, -0.05) is 6.07 Å². The molecule has 1 N–H and O–H groups in total. The fraction of sp³-hybridized carbons (Fsp3) is 0.231. The molecule has 0 amide bonds. The van der Waals surface area contributed by atoms with Gasteiger partial charge in [0.15, 0.2) is 0 Å². The van der Waals surface area contributed by atoms with Crippen LogP contribution < -0.4 is 9.47 Å². The van der Waals surface area contributed by atoms with Gasteiger partial charge in [0.25, 0.3) is 5.78 Å². The lowest BCUT2D eigenvalue weighted by Crippen LogP contribution is -2.13. The first-order chi connectivity index (χ1) is 9.04. The molecule has 0 spiro atoms. The second-order valence-electron chi connectivity index (χ2n) is 3.42. The predicted octanol–water partition coefficient (Wildman–Crippen LogP) is 1.34. The van der Waals surface area contributed by atoms with Crippen molar-refractivity contribution in [1.29, 1.82) is 0 Å². The van der Waals surface area contributed by atoms with E-state index in [1.807, 2.05) is 0 Å². The standard InChI is InChI=1S/C13H14O6/c1-17-10-5-4-6-11(18-2)12(10)8(14)7-9(15)13(16)19-3/h4-7,14H,1-3H3/b8-7-. The molecular weight excluding hydrogens is 252 g/mol. The van der Waals surface area contributed by atoms with Crippen molar-refractivity contribution in [2.45, 2.75) is 0 Å². The third kappa shape index (κ3) is 3.25. The molecule has 0 aliphatic rings. The van der Waals surface area contributed by atoms with E-state index in [4.69, 9.17) is 9.47 Å². The highest BCUT2D eigenvalue weighted by Crippen LogP contribution is 2.33. The number of hydrogen-bond donors (Lipinski definition) is 1. The number of esters is 1. The van der Waals surface area contributed by atoms with Gasteiger partial charge in [-0.25, -0.2) is 4.79 Å². The molecule has 0 bridgehead atoms. The van der Waals surface area contributed by atoms with Crippen molar-refractivity contribution < 1.29 is 28.9 Å². The van der Waals surface area contributed by atoms with Gasteiger partial charge in [0.1, 0.15) is 22.8 Å². The van der Waals surface area contributed by atoms with Gasteiger partial charge in [0.2, 0.25) is 0 Å². The lowest BCUT2D eigenvalue weighted by atomic mass is 10.1. The van der Waals surface area contributed by atoms with Crippen LogP contribution in [0.5, 0.6) is 11.5 Å². The molecule has 0 saturated heterocycles. The smallest absolute Gasteiger partial charge is 0.378 e. The summed E-state index contributed by atoms with van der Waals surface area (Å²) in [6.45, 7) is 0. The van der Waals surface area contributed by atoms with Gasteiger partial charge in [-0.3, -0.25) is 4.79 Å². The Hall–Kier alpha value is -2.50. The molecule has 1 rings (SSSR count). The maximum absolute atomic E-state index is 11.4. The Balaban J connectivity index is 3.25. The molecule has 0 saturated carbocycles. The summed E-state index contributed by atoms with van der Waals surface area (Å²) in [4.78, 5) is 22.4. The van der Waals surface area contributed by atoms with Crippen molar-refractivity contribution in [2.24, 2.45) is 0 Å². The van der Waals surface area contributed by atoms with Crippen molar-refractivity contribution in [1.82, 2.24) is 0 Å². The minimum atomic E-state index is -1.07. The summed E-state index contributed by atoms with van der Waals surface area (Å²) in [5.41, 5.74) is 0.185. The Morgan fingerprint density at radius 1 is 1.11 bits per heavy atom. The molecule has 0 heterocycles. The SMILES string of the molecule is COC(=O)C(=O)/C=C(\O)c1c(OC)cccc1OC. The summed E-state index contributed by atoms with van der Waals surface area (Å²) >= 11 is 0. The number of aliphatic hydroxyl groups is 1. The third-order valence-corrected chi connectivity index (χ3v) is 2.34. The highest BCUT2D eigenvalue weighted by molar-refractivity contribution is 6.39. The summed E-state index contributed by atoms with van der Waals surface area (Å²) in [7, 11) is 3.90. The number of carbonyl (C=O) groups excluding carboxylic acids is 2. The van der Waals surface area contributed by atoms with Crippen molar-refractivity contribution in [3.05, 3.63) is 29.8 Å². The zero-order valence-electron chi connectivity index (χ0n) is 10.8. The molecule has 1 aromatic rings. The van der Waals surface area contributed by atoms with E-state index in [0.29, 0.717) is 11.5 Å². The Bertz CT molecular complexity index is 496. The predicted molar refractivity (Wildman–Crippen MR) is 67.2 cm³/mol. The molecular formula is C13H14O6. The van der Waals surface area contributed by atoms with Gasteiger partial charge < -0.3 is 19.3 Å². The molecule has 0 aromatic heterocycles. The van der Waals surface area contributed by atoms with E-state index in [-0.39, 0.29) is 5.56 Å².